The van der Waals surface area contributed by atoms with Crippen molar-refractivity contribution in [3.8, 4) is 11.3 Å². The maximum Gasteiger partial charge on any atom is 0.139 e. The lowest BCUT2D eigenvalue weighted by Crippen LogP contribution is -1.89. The summed E-state index contributed by atoms with van der Waals surface area (Å²) >= 11 is 0. The third kappa shape index (κ3) is 1.35. The third-order valence-corrected chi connectivity index (χ3v) is 2.58. The first-order valence-corrected chi connectivity index (χ1v) is 5.02. The quantitative estimate of drug-likeness (QED) is 0.617. The molecule has 0 bridgehead atoms. The van der Waals surface area contributed by atoms with Crippen LogP contribution >= 0.6 is 0 Å². The van der Waals surface area contributed by atoms with E-state index in [1.54, 1.807) is 12.5 Å². The molecule has 0 aliphatic rings. The lowest BCUT2D eigenvalue weighted by Gasteiger charge is -2.00. The molecule has 0 N–H and O–H groups in total. The number of fused-ring (bicyclic) bond motifs is 1. The molecule has 0 radical (unpaired) electrons. The Morgan fingerprint density at radius 1 is 1.19 bits per heavy atom. The summed E-state index contributed by atoms with van der Waals surface area (Å²) in [5.41, 5.74) is 2.90. The van der Waals surface area contributed by atoms with E-state index < -0.39 is 0 Å². The topological polar surface area (TPSA) is 43.6 Å². The minimum absolute atomic E-state index is 0.897. The van der Waals surface area contributed by atoms with E-state index in [1.807, 2.05) is 36.1 Å². The minimum atomic E-state index is 0.897. The molecule has 0 fully saturated rings. The van der Waals surface area contributed by atoms with Gasteiger partial charge in [-0.25, -0.2) is 15.0 Å². The summed E-state index contributed by atoms with van der Waals surface area (Å²) in [6.07, 6.45) is 7.12. The van der Waals surface area contributed by atoms with Crippen molar-refractivity contribution in [2.45, 2.75) is 0 Å². The summed E-state index contributed by atoms with van der Waals surface area (Å²) in [4.78, 5) is 12.5. The summed E-state index contributed by atoms with van der Waals surface area (Å²) in [6.45, 7) is 0. The fourth-order valence-electron chi connectivity index (χ4n) is 1.76. The van der Waals surface area contributed by atoms with Crippen LogP contribution in [0.2, 0.25) is 0 Å². The third-order valence-electron chi connectivity index (χ3n) is 2.58. The van der Waals surface area contributed by atoms with Crippen LogP contribution in [0.25, 0.3) is 22.3 Å². The number of hydrogen-bond donors (Lipinski definition) is 0. The first-order valence-electron chi connectivity index (χ1n) is 5.02. The average Bonchev–Trinajstić information content (AvgIpc) is 2.72. The molecule has 78 valence electrons. The SMILES string of the molecule is Cn1ccc2cc(-c3ccncn3)cnc21. The molecule has 4 nitrogen and oxygen atoms in total. The van der Waals surface area contributed by atoms with Crippen molar-refractivity contribution in [3.63, 3.8) is 0 Å². The molecule has 0 spiro atoms. The van der Waals surface area contributed by atoms with Crippen LogP contribution in [0.4, 0.5) is 0 Å². The molecule has 4 heteroatoms. The molecule has 0 aliphatic carbocycles. The molecule has 3 aromatic rings. The van der Waals surface area contributed by atoms with Crippen LogP contribution in [0.5, 0.6) is 0 Å². The predicted octanol–water partition coefficient (Wildman–Crippen LogP) is 2.03. The Balaban J connectivity index is 2.19. The fraction of sp³-hybridized carbons (Fsp3) is 0.0833. The number of hydrogen-bond acceptors (Lipinski definition) is 3. The molecular weight excluding hydrogens is 200 g/mol. The Hall–Kier alpha value is -2.23. The zero-order valence-electron chi connectivity index (χ0n) is 8.83. The summed E-state index contributed by atoms with van der Waals surface area (Å²) in [6, 6.07) is 6.02. The second-order valence-electron chi connectivity index (χ2n) is 3.66. The first kappa shape index (κ1) is 9.03. The van der Waals surface area contributed by atoms with Gasteiger partial charge < -0.3 is 4.57 Å². The molecule has 0 saturated carbocycles. The van der Waals surface area contributed by atoms with Crippen molar-refractivity contribution in [2.75, 3.05) is 0 Å². The Morgan fingerprint density at radius 2 is 2.12 bits per heavy atom. The van der Waals surface area contributed by atoms with Gasteiger partial charge in [-0.1, -0.05) is 0 Å². The molecule has 0 unspecified atom stereocenters. The molecule has 0 saturated heterocycles. The second-order valence-corrected chi connectivity index (χ2v) is 3.66. The van der Waals surface area contributed by atoms with E-state index in [-0.39, 0.29) is 0 Å². The van der Waals surface area contributed by atoms with E-state index >= 15 is 0 Å². The lowest BCUT2D eigenvalue weighted by molar-refractivity contribution is 0.948. The smallest absolute Gasteiger partial charge is 0.139 e. The maximum atomic E-state index is 4.42. The highest BCUT2D eigenvalue weighted by atomic mass is 15.0. The summed E-state index contributed by atoms with van der Waals surface area (Å²) < 4.78 is 2.00. The van der Waals surface area contributed by atoms with Crippen molar-refractivity contribution in [1.29, 1.82) is 0 Å². The van der Waals surface area contributed by atoms with Crippen LogP contribution in [0.3, 0.4) is 0 Å². The average molecular weight is 210 g/mol. The number of aromatic nitrogens is 4. The van der Waals surface area contributed by atoms with Gasteiger partial charge in [0.15, 0.2) is 0 Å². The van der Waals surface area contributed by atoms with Crippen LogP contribution in [0.1, 0.15) is 0 Å². The van der Waals surface area contributed by atoms with Gasteiger partial charge in [0.2, 0.25) is 0 Å². The number of aryl methyl sites for hydroxylation is 1. The highest BCUT2D eigenvalue weighted by molar-refractivity contribution is 5.80. The Kier molecular flexibility index (Phi) is 1.93. The summed E-state index contributed by atoms with van der Waals surface area (Å²) in [7, 11) is 1.99. The first-order chi connectivity index (χ1) is 7.84. The Bertz CT molecular complexity index is 628. The van der Waals surface area contributed by atoms with Crippen LogP contribution in [-0.4, -0.2) is 19.5 Å². The van der Waals surface area contributed by atoms with Crippen molar-refractivity contribution in [1.82, 2.24) is 19.5 Å². The second kappa shape index (κ2) is 3.41. The zero-order chi connectivity index (χ0) is 11.0. The Morgan fingerprint density at radius 3 is 2.94 bits per heavy atom. The molecule has 0 atom stereocenters. The monoisotopic (exact) mass is 210 g/mol. The number of pyridine rings is 1. The van der Waals surface area contributed by atoms with E-state index in [9.17, 15) is 0 Å². The molecule has 3 rings (SSSR count). The van der Waals surface area contributed by atoms with Crippen LogP contribution in [-0.2, 0) is 7.05 Å². The van der Waals surface area contributed by atoms with Gasteiger partial charge in [0.05, 0.1) is 5.69 Å². The normalized spacial score (nSPS) is 10.8. The fourth-order valence-corrected chi connectivity index (χ4v) is 1.76. The highest BCUT2D eigenvalue weighted by Crippen LogP contribution is 2.20. The van der Waals surface area contributed by atoms with Crippen LogP contribution in [0.15, 0.2) is 43.1 Å². The molecule has 0 aliphatic heterocycles. The molecule has 3 heterocycles. The van der Waals surface area contributed by atoms with Gasteiger partial charge in [0, 0.05) is 36.6 Å². The van der Waals surface area contributed by atoms with Gasteiger partial charge in [-0.2, -0.15) is 0 Å². The van der Waals surface area contributed by atoms with E-state index in [4.69, 9.17) is 0 Å². The molecule has 0 amide bonds. The van der Waals surface area contributed by atoms with Gasteiger partial charge in [-0.05, 0) is 18.2 Å². The number of rotatable bonds is 1. The maximum absolute atomic E-state index is 4.42. The van der Waals surface area contributed by atoms with Crippen LogP contribution < -0.4 is 0 Å². The van der Waals surface area contributed by atoms with E-state index in [0.29, 0.717) is 0 Å². The van der Waals surface area contributed by atoms with Gasteiger partial charge in [-0.15, -0.1) is 0 Å². The van der Waals surface area contributed by atoms with E-state index in [2.05, 4.69) is 21.0 Å². The number of nitrogens with zero attached hydrogens (tertiary/aromatic N) is 4. The van der Waals surface area contributed by atoms with Crippen molar-refractivity contribution in [2.24, 2.45) is 7.05 Å². The van der Waals surface area contributed by atoms with Crippen molar-refractivity contribution < 1.29 is 0 Å². The van der Waals surface area contributed by atoms with Gasteiger partial charge in [0.1, 0.15) is 12.0 Å². The Labute approximate surface area is 92.6 Å². The predicted molar refractivity (Wildman–Crippen MR) is 61.7 cm³/mol. The molecular formula is C12H10N4. The van der Waals surface area contributed by atoms with Crippen molar-refractivity contribution >= 4 is 11.0 Å². The molecule has 16 heavy (non-hydrogen) atoms. The van der Waals surface area contributed by atoms with E-state index in [1.165, 1.54) is 0 Å². The standard InChI is InChI=1S/C12H10N4/c1-16-5-3-9-6-10(7-14-12(9)16)11-2-4-13-8-15-11/h2-8H,1H3. The van der Waals surface area contributed by atoms with Gasteiger partial charge >= 0.3 is 0 Å². The van der Waals surface area contributed by atoms with Gasteiger partial charge in [0.25, 0.3) is 0 Å². The summed E-state index contributed by atoms with van der Waals surface area (Å²) in [5, 5.41) is 1.12. The molecule has 0 aromatic carbocycles. The van der Waals surface area contributed by atoms with Crippen molar-refractivity contribution in [3.05, 3.63) is 43.1 Å². The highest BCUT2D eigenvalue weighted by Gasteiger charge is 2.03. The summed E-state index contributed by atoms with van der Waals surface area (Å²) in [5.74, 6) is 0. The largest absolute Gasteiger partial charge is 0.336 e. The van der Waals surface area contributed by atoms with Gasteiger partial charge in [-0.3, -0.25) is 0 Å². The van der Waals surface area contributed by atoms with Crippen LogP contribution in [0, 0.1) is 0 Å². The lowest BCUT2D eigenvalue weighted by atomic mass is 10.2. The zero-order valence-corrected chi connectivity index (χ0v) is 8.83. The molecule has 3 aromatic heterocycles. The van der Waals surface area contributed by atoms with E-state index in [0.717, 1.165) is 22.3 Å². The minimum Gasteiger partial charge on any atom is -0.336 e.